The lowest BCUT2D eigenvalue weighted by atomic mass is 9.72. The highest BCUT2D eigenvalue weighted by molar-refractivity contribution is 6.02. The van der Waals surface area contributed by atoms with E-state index >= 15 is 0 Å². The number of fused-ring (bicyclic) bond motifs is 1. The molecule has 1 saturated heterocycles. The first-order valence-electron chi connectivity index (χ1n) is 9.76. The summed E-state index contributed by atoms with van der Waals surface area (Å²) < 4.78 is 10.5. The second-order valence-electron chi connectivity index (χ2n) is 7.33. The van der Waals surface area contributed by atoms with Gasteiger partial charge in [-0.1, -0.05) is 18.2 Å². The largest absolute Gasteiger partial charge is 0.465 e. The molecule has 9 nitrogen and oxygen atoms in total. The monoisotopic (exact) mass is 415 g/mol. The highest BCUT2D eigenvalue weighted by Gasteiger charge is 2.55. The average Bonchev–Trinajstić information content (AvgIpc) is 3.20. The number of esters is 2. The summed E-state index contributed by atoms with van der Waals surface area (Å²) >= 11 is 0. The lowest BCUT2D eigenvalue weighted by Gasteiger charge is -2.43. The summed E-state index contributed by atoms with van der Waals surface area (Å²) in [5.74, 6) is -1.72. The summed E-state index contributed by atoms with van der Waals surface area (Å²) in [5, 5.41) is 5.81. The van der Waals surface area contributed by atoms with Crippen LogP contribution in [-0.4, -0.2) is 61.0 Å². The summed E-state index contributed by atoms with van der Waals surface area (Å²) in [6, 6.07) is 7.31. The quantitative estimate of drug-likeness (QED) is 0.653. The molecule has 0 aromatic heterocycles. The molecule has 0 saturated carbocycles. The number of hydrogen-bond acceptors (Lipinski definition) is 7. The van der Waals surface area contributed by atoms with Gasteiger partial charge in [-0.3, -0.25) is 19.3 Å². The molecule has 0 bridgehead atoms. The Balaban J connectivity index is 2.06. The molecule has 3 rings (SSSR count). The number of benzene rings is 1. The highest BCUT2D eigenvalue weighted by Crippen LogP contribution is 2.41. The van der Waals surface area contributed by atoms with Gasteiger partial charge in [-0.25, -0.2) is 4.79 Å². The normalized spacial score (nSPS) is 22.8. The molecule has 2 N–H and O–H groups in total. The standard InChI is InChI=1S/C21H25N3O6/c1-4-29-20(28)15-17-22-10-11-24(17)19(27)16(21(15,3)12-30-13(2)25)23-18(26)14-8-6-5-7-9-14/h5-9,16,22H,4,10-12H2,1-3H3,(H,23,26). The zero-order valence-corrected chi connectivity index (χ0v) is 17.2. The summed E-state index contributed by atoms with van der Waals surface area (Å²) in [5.41, 5.74) is -0.795. The van der Waals surface area contributed by atoms with Crippen molar-refractivity contribution < 1.29 is 28.7 Å². The van der Waals surface area contributed by atoms with Crippen molar-refractivity contribution in [2.75, 3.05) is 26.3 Å². The van der Waals surface area contributed by atoms with Crippen molar-refractivity contribution in [1.82, 2.24) is 15.5 Å². The minimum atomic E-state index is -1.33. The fourth-order valence-corrected chi connectivity index (χ4v) is 3.75. The number of amides is 2. The van der Waals surface area contributed by atoms with E-state index in [-0.39, 0.29) is 24.7 Å². The third-order valence-corrected chi connectivity index (χ3v) is 5.22. The van der Waals surface area contributed by atoms with E-state index in [1.165, 1.54) is 11.8 Å². The van der Waals surface area contributed by atoms with Crippen molar-refractivity contribution >= 4 is 23.8 Å². The van der Waals surface area contributed by atoms with Crippen LogP contribution in [0.3, 0.4) is 0 Å². The maximum atomic E-state index is 13.3. The van der Waals surface area contributed by atoms with Gasteiger partial charge in [-0.2, -0.15) is 0 Å². The van der Waals surface area contributed by atoms with Crippen LogP contribution in [0.1, 0.15) is 31.1 Å². The number of carbonyl (C=O) groups is 4. The lowest BCUT2D eigenvalue weighted by Crippen LogP contribution is -2.62. The lowest BCUT2D eigenvalue weighted by molar-refractivity contribution is -0.151. The Bertz CT molecular complexity index is 897. The topological polar surface area (TPSA) is 114 Å². The van der Waals surface area contributed by atoms with E-state index in [1.807, 2.05) is 0 Å². The van der Waals surface area contributed by atoms with Crippen LogP contribution in [0.25, 0.3) is 0 Å². The van der Waals surface area contributed by atoms with Crippen molar-refractivity contribution in [1.29, 1.82) is 0 Å². The average molecular weight is 415 g/mol. The zero-order valence-electron chi connectivity index (χ0n) is 17.2. The van der Waals surface area contributed by atoms with Gasteiger partial charge in [0.15, 0.2) is 0 Å². The Morgan fingerprint density at radius 1 is 1.23 bits per heavy atom. The van der Waals surface area contributed by atoms with Crippen LogP contribution in [0.5, 0.6) is 0 Å². The van der Waals surface area contributed by atoms with Gasteiger partial charge >= 0.3 is 11.9 Å². The molecule has 0 spiro atoms. The Morgan fingerprint density at radius 2 is 1.93 bits per heavy atom. The minimum Gasteiger partial charge on any atom is -0.465 e. The van der Waals surface area contributed by atoms with E-state index < -0.39 is 29.3 Å². The molecule has 1 aromatic carbocycles. The van der Waals surface area contributed by atoms with Crippen LogP contribution in [0.2, 0.25) is 0 Å². The van der Waals surface area contributed by atoms with Crippen LogP contribution < -0.4 is 10.6 Å². The molecule has 2 heterocycles. The molecular formula is C21H25N3O6. The minimum absolute atomic E-state index is 0.133. The van der Waals surface area contributed by atoms with Gasteiger partial charge in [0.05, 0.1) is 17.6 Å². The van der Waals surface area contributed by atoms with E-state index in [4.69, 9.17) is 9.47 Å². The second kappa shape index (κ2) is 8.56. The number of hydrogen-bond donors (Lipinski definition) is 2. The molecule has 9 heteroatoms. The number of nitrogens with zero attached hydrogens (tertiary/aromatic N) is 1. The van der Waals surface area contributed by atoms with Crippen molar-refractivity contribution in [3.63, 3.8) is 0 Å². The van der Waals surface area contributed by atoms with Gasteiger partial charge in [0.1, 0.15) is 18.5 Å². The summed E-state index contributed by atoms with van der Waals surface area (Å²) in [6.45, 7) is 5.18. The Labute approximate surface area is 174 Å². The van der Waals surface area contributed by atoms with Gasteiger partial charge in [-0.05, 0) is 26.0 Å². The zero-order chi connectivity index (χ0) is 21.9. The molecule has 0 aliphatic carbocycles. The Hall–Kier alpha value is -3.36. The van der Waals surface area contributed by atoms with Crippen LogP contribution in [0, 0.1) is 5.41 Å². The third-order valence-electron chi connectivity index (χ3n) is 5.22. The fourth-order valence-electron chi connectivity index (χ4n) is 3.75. The summed E-state index contributed by atoms with van der Waals surface area (Å²) in [4.78, 5) is 52.0. The van der Waals surface area contributed by atoms with E-state index in [0.717, 1.165) is 0 Å². The molecule has 2 unspecified atom stereocenters. The van der Waals surface area contributed by atoms with E-state index in [1.54, 1.807) is 44.2 Å². The van der Waals surface area contributed by atoms with Crippen LogP contribution in [0.15, 0.2) is 41.7 Å². The van der Waals surface area contributed by atoms with E-state index in [0.29, 0.717) is 24.5 Å². The molecule has 2 aliphatic heterocycles. The maximum Gasteiger partial charge on any atom is 0.338 e. The Morgan fingerprint density at radius 3 is 2.57 bits per heavy atom. The van der Waals surface area contributed by atoms with Gasteiger partial charge in [0.2, 0.25) is 0 Å². The first kappa shape index (κ1) is 21.4. The predicted molar refractivity (Wildman–Crippen MR) is 106 cm³/mol. The smallest absolute Gasteiger partial charge is 0.338 e. The molecule has 2 amide bonds. The maximum absolute atomic E-state index is 13.3. The molecule has 1 aromatic rings. The molecule has 30 heavy (non-hydrogen) atoms. The summed E-state index contributed by atoms with van der Waals surface area (Å²) in [6.07, 6.45) is 0. The number of rotatable bonds is 6. The number of nitrogens with one attached hydrogen (secondary N) is 2. The molecule has 1 fully saturated rings. The first-order chi connectivity index (χ1) is 14.3. The Kier molecular flexibility index (Phi) is 6.09. The van der Waals surface area contributed by atoms with Gasteiger partial charge < -0.3 is 20.1 Å². The molecular weight excluding hydrogens is 390 g/mol. The van der Waals surface area contributed by atoms with E-state index in [9.17, 15) is 19.2 Å². The van der Waals surface area contributed by atoms with Gasteiger partial charge in [0.25, 0.3) is 11.8 Å². The highest BCUT2D eigenvalue weighted by atomic mass is 16.5. The summed E-state index contributed by atoms with van der Waals surface area (Å²) in [7, 11) is 0. The van der Waals surface area contributed by atoms with Crippen LogP contribution in [-0.2, 0) is 23.9 Å². The van der Waals surface area contributed by atoms with Crippen molar-refractivity contribution in [2.24, 2.45) is 5.41 Å². The number of carbonyl (C=O) groups excluding carboxylic acids is 4. The van der Waals surface area contributed by atoms with Gasteiger partial charge in [-0.15, -0.1) is 0 Å². The van der Waals surface area contributed by atoms with Gasteiger partial charge in [0, 0.05) is 25.6 Å². The van der Waals surface area contributed by atoms with Crippen molar-refractivity contribution in [2.45, 2.75) is 26.8 Å². The second-order valence-corrected chi connectivity index (χ2v) is 7.33. The third kappa shape index (κ3) is 3.87. The molecule has 160 valence electrons. The molecule has 2 aliphatic rings. The fraction of sp³-hybridized carbons (Fsp3) is 0.429. The molecule has 0 radical (unpaired) electrons. The van der Waals surface area contributed by atoms with E-state index in [2.05, 4.69) is 10.6 Å². The van der Waals surface area contributed by atoms with Crippen LogP contribution in [0.4, 0.5) is 0 Å². The van der Waals surface area contributed by atoms with Crippen molar-refractivity contribution in [3.8, 4) is 0 Å². The first-order valence-corrected chi connectivity index (χ1v) is 9.76. The van der Waals surface area contributed by atoms with Crippen molar-refractivity contribution in [3.05, 3.63) is 47.3 Å². The predicted octanol–water partition coefficient (Wildman–Crippen LogP) is 0.575. The van der Waals surface area contributed by atoms with Crippen LogP contribution >= 0.6 is 0 Å². The molecule has 2 atom stereocenters. The SMILES string of the molecule is CCOC(=O)C1=C2NCCN2C(=O)C(NC(=O)c2ccccc2)C1(C)COC(C)=O. The number of ether oxygens (including phenoxy) is 2.